The smallest absolute Gasteiger partial charge is 0.238 e. The Morgan fingerprint density at radius 2 is 2.20 bits per heavy atom. The second-order valence-electron chi connectivity index (χ2n) is 5.65. The van der Waals surface area contributed by atoms with Gasteiger partial charge in [0.15, 0.2) is 11.6 Å². The normalized spacial score (nSPS) is 23.0. The van der Waals surface area contributed by atoms with Gasteiger partial charge in [0.2, 0.25) is 5.91 Å². The number of nitrogens with two attached hydrogens (primary N) is 1. The Kier molecular flexibility index (Phi) is 4.35. The fraction of sp³-hybridized carbons (Fsp3) is 0.500. The lowest BCUT2D eigenvalue weighted by Gasteiger charge is -2.22. The quantitative estimate of drug-likeness (QED) is 0.882. The summed E-state index contributed by atoms with van der Waals surface area (Å²) in [7, 11) is 0. The molecule has 2 rings (SSSR count). The molecule has 0 radical (unpaired) electrons. The second kappa shape index (κ2) is 5.85. The Morgan fingerprint density at radius 3 is 2.80 bits per heavy atom. The Bertz CT molecular complexity index is 509. The van der Waals surface area contributed by atoms with E-state index in [1.165, 1.54) is 6.07 Å². The highest BCUT2D eigenvalue weighted by Gasteiger charge is 2.33. The summed E-state index contributed by atoms with van der Waals surface area (Å²) in [6, 6.07) is 3.30. The molecule has 1 heterocycles. The molecular formula is C14H19F2N3O. The minimum atomic E-state index is -0.973. The molecule has 1 aromatic rings. The van der Waals surface area contributed by atoms with E-state index in [-0.39, 0.29) is 23.6 Å². The number of rotatable bonds is 4. The van der Waals surface area contributed by atoms with Crippen LogP contribution < -0.4 is 11.1 Å². The lowest BCUT2D eigenvalue weighted by atomic mass is 9.90. The number of hydrogen-bond donors (Lipinski definition) is 2. The molecule has 0 aliphatic carbocycles. The maximum absolute atomic E-state index is 13.0. The molecular weight excluding hydrogens is 264 g/mol. The van der Waals surface area contributed by atoms with Crippen LogP contribution in [0.2, 0.25) is 0 Å². The molecule has 0 bridgehead atoms. The van der Waals surface area contributed by atoms with E-state index < -0.39 is 11.6 Å². The van der Waals surface area contributed by atoms with E-state index in [4.69, 9.17) is 5.73 Å². The van der Waals surface area contributed by atoms with Gasteiger partial charge in [-0.15, -0.1) is 0 Å². The molecule has 0 spiro atoms. The summed E-state index contributed by atoms with van der Waals surface area (Å²) in [6.45, 7) is 4.51. The van der Waals surface area contributed by atoms with Crippen molar-refractivity contribution in [3.05, 3.63) is 29.8 Å². The van der Waals surface area contributed by atoms with Gasteiger partial charge in [-0.3, -0.25) is 9.69 Å². The average Bonchev–Trinajstić information content (AvgIpc) is 2.76. The molecule has 1 aromatic carbocycles. The predicted octanol–water partition coefficient (Wildman–Crippen LogP) is 1.57. The summed E-state index contributed by atoms with van der Waals surface area (Å²) >= 11 is 0. The van der Waals surface area contributed by atoms with Gasteiger partial charge in [-0.2, -0.15) is 0 Å². The third-order valence-electron chi connectivity index (χ3n) is 3.70. The van der Waals surface area contributed by atoms with Gasteiger partial charge in [0.1, 0.15) is 0 Å². The van der Waals surface area contributed by atoms with Gasteiger partial charge in [0.05, 0.1) is 6.54 Å². The van der Waals surface area contributed by atoms with Crippen molar-refractivity contribution in [2.45, 2.75) is 13.3 Å². The van der Waals surface area contributed by atoms with Crippen molar-refractivity contribution in [3.63, 3.8) is 0 Å². The maximum Gasteiger partial charge on any atom is 0.238 e. The van der Waals surface area contributed by atoms with Crippen molar-refractivity contribution in [1.82, 2.24) is 4.90 Å². The zero-order valence-corrected chi connectivity index (χ0v) is 11.5. The molecule has 110 valence electrons. The molecule has 1 amide bonds. The van der Waals surface area contributed by atoms with Gasteiger partial charge in [-0.05, 0) is 37.1 Å². The third kappa shape index (κ3) is 3.52. The monoisotopic (exact) mass is 283 g/mol. The summed E-state index contributed by atoms with van der Waals surface area (Å²) in [5, 5.41) is 2.56. The molecule has 1 unspecified atom stereocenters. The van der Waals surface area contributed by atoms with Crippen LogP contribution in [0.4, 0.5) is 14.5 Å². The highest BCUT2D eigenvalue weighted by Crippen LogP contribution is 2.28. The fourth-order valence-electron chi connectivity index (χ4n) is 2.41. The summed E-state index contributed by atoms with van der Waals surface area (Å²) in [5.41, 5.74) is 6.03. The molecule has 4 nitrogen and oxygen atoms in total. The number of nitrogens with zero attached hydrogens (tertiary/aromatic N) is 1. The van der Waals surface area contributed by atoms with Crippen LogP contribution in [0.5, 0.6) is 0 Å². The van der Waals surface area contributed by atoms with Crippen molar-refractivity contribution in [2.75, 3.05) is 31.5 Å². The average molecular weight is 283 g/mol. The Morgan fingerprint density at radius 1 is 1.45 bits per heavy atom. The zero-order chi connectivity index (χ0) is 14.8. The number of carbonyl (C=O) groups excluding carboxylic acids is 1. The topological polar surface area (TPSA) is 58.4 Å². The van der Waals surface area contributed by atoms with Crippen LogP contribution >= 0.6 is 0 Å². The Labute approximate surface area is 116 Å². The van der Waals surface area contributed by atoms with Crippen LogP contribution in [-0.4, -0.2) is 37.0 Å². The van der Waals surface area contributed by atoms with E-state index in [0.717, 1.165) is 31.6 Å². The van der Waals surface area contributed by atoms with Gasteiger partial charge in [-0.25, -0.2) is 8.78 Å². The van der Waals surface area contributed by atoms with Crippen LogP contribution in [-0.2, 0) is 4.79 Å². The number of nitrogens with one attached hydrogen (secondary N) is 1. The van der Waals surface area contributed by atoms with Gasteiger partial charge >= 0.3 is 0 Å². The predicted molar refractivity (Wildman–Crippen MR) is 73.2 cm³/mol. The maximum atomic E-state index is 13.0. The molecule has 0 saturated carbocycles. The molecule has 20 heavy (non-hydrogen) atoms. The zero-order valence-electron chi connectivity index (χ0n) is 11.5. The SMILES string of the molecule is CC1(CN)CCN(CC(=O)Nc2ccc(F)c(F)c2)C1. The van der Waals surface area contributed by atoms with Gasteiger partial charge in [0.25, 0.3) is 0 Å². The van der Waals surface area contributed by atoms with E-state index in [1.54, 1.807) is 0 Å². The molecule has 1 aliphatic heterocycles. The van der Waals surface area contributed by atoms with Crippen molar-refractivity contribution >= 4 is 11.6 Å². The number of carbonyl (C=O) groups is 1. The summed E-state index contributed by atoms with van der Waals surface area (Å²) in [4.78, 5) is 13.9. The van der Waals surface area contributed by atoms with E-state index in [9.17, 15) is 13.6 Å². The van der Waals surface area contributed by atoms with Crippen LogP contribution in [0.15, 0.2) is 18.2 Å². The lowest BCUT2D eigenvalue weighted by Crippen LogP contribution is -2.35. The number of likely N-dealkylation sites (tertiary alicyclic amines) is 1. The van der Waals surface area contributed by atoms with Gasteiger partial charge in [0, 0.05) is 18.3 Å². The van der Waals surface area contributed by atoms with E-state index >= 15 is 0 Å². The van der Waals surface area contributed by atoms with Crippen LogP contribution in [0, 0.1) is 17.0 Å². The highest BCUT2D eigenvalue weighted by atomic mass is 19.2. The lowest BCUT2D eigenvalue weighted by molar-refractivity contribution is -0.117. The molecule has 1 saturated heterocycles. The van der Waals surface area contributed by atoms with Gasteiger partial charge < -0.3 is 11.1 Å². The molecule has 3 N–H and O–H groups in total. The number of amides is 1. The molecule has 1 atom stereocenters. The third-order valence-corrected chi connectivity index (χ3v) is 3.70. The summed E-state index contributed by atoms with van der Waals surface area (Å²) < 4.78 is 25.8. The van der Waals surface area contributed by atoms with Crippen LogP contribution in [0.1, 0.15) is 13.3 Å². The number of halogens is 2. The van der Waals surface area contributed by atoms with Gasteiger partial charge in [-0.1, -0.05) is 6.92 Å². The first kappa shape index (κ1) is 14.9. The molecule has 1 aliphatic rings. The van der Waals surface area contributed by atoms with Crippen molar-refractivity contribution in [3.8, 4) is 0 Å². The number of anilines is 1. The summed E-state index contributed by atoms with van der Waals surface area (Å²) in [5.74, 6) is -2.14. The first-order valence-corrected chi connectivity index (χ1v) is 6.59. The van der Waals surface area contributed by atoms with Crippen molar-refractivity contribution < 1.29 is 13.6 Å². The fourth-order valence-corrected chi connectivity index (χ4v) is 2.41. The second-order valence-corrected chi connectivity index (χ2v) is 5.65. The first-order chi connectivity index (χ1) is 9.42. The largest absolute Gasteiger partial charge is 0.330 e. The Balaban J connectivity index is 1.88. The standard InChI is InChI=1S/C14H19F2N3O/c1-14(8-17)4-5-19(9-14)7-13(20)18-10-2-3-11(15)12(16)6-10/h2-3,6H,4-5,7-9,17H2,1H3,(H,18,20). The van der Waals surface area contributed by atoms with Crippen molar-refractivity contribution in [2.24, 2.45) is 11.1 Å². The first-order valence-electron chi connectivity index (χ1n) is 6.59. The highest BCUT2D eigenvalue weighted by molar-refractivity contribution is 5.92. The van der Waals surface area contributed by atoms with E-state index in [1.807, 2.05) is 4.90 Å². The minimum Gasteiger partial charge on any atom is -0.330 e. The minimum absolute atomic E-state index is 0.0578. The summed E-state index contributed by atoms with van der Waals surface area (Å²) in [6.07, 6.45) is 0.960. The number of hydrogen-bond acceptors (Lipinski definition) is 3. The van der Waals surface area contributed by atoms with Crippen molar-refractivity contribution in [1.29, 1.82) is 0 Å². The Hall–Kier alpha value is -1.53. The van der Waals surface area contributed by atoms with E-state index in [2.05, 4.69) is 12.2 Å². The van der Waals surface area contributed by atoms with Crippen LogP contribution in [0.25, 0.3) is 0 Å². The molecule has 6 heteroatoms. The van der Waals surface area contributed by atoms with Crippen LogP contribution in [0.3, 0.4) is 0 Å². The van der Waals surface area contributed by atoms with E-state index in [0.29, 0.717) is 6.54 Å². The molecule has 1 fully saturated rings. The number of benzene rings is 1. The molecule has 0 aromatic heterocycles.